The van der Waals surface area contributed by atoms with E-state index in [0.717, 1.165) is 32.5 Å². The van der Waals surface area contributed by atoms with Gasteiger partial charge in [0.1, 0.15) is 11.9 Å². The molecular weight excluding hydrogens is 405 g/mol. The molecule has 0 radical (unpaired) electrons. The third kappa shape index (κ3) is 6.11. The predicted octanol–water partition coefficient (Wildman–Crippen LogP) is 4.03. The van der Waals surface area contributed by atoms with Gasteiger partial charge in [0.05, 0.1) is 0 Å². The second kappa shape index (κ2) is 9.49. The molecule has 1 unspecified atom stereocenters. The van der Waals surface area contributed by atoms with Crippen molar-refractivity contribution in [3.05, 3.63) is 60.2 Å². The molecule has 0 aliphatic carbocycles. The number of sulfonamides is 1. The van der Waals surface area contributed by atoms with E-state index >= 15 is 0 Å². The van der Waals surface area contributed by atoms with Gasteiger partial charge in [0.15, 0.2) is 0 Å². The predicted molar refractivity (Wildman–Crippen MR) is 105 cm³/mol. The molecule has 5 nitrogen and oxygen atoms in total. The van der Waals surface area contributed by atoms with Crippen LogP contribution in [0.15, 0.2) is 54.6 Å². The Bertz CT molecular complexity index is 872. The molecule has 3 rings (SSSR count). The third-order valence-corrected chi connectivity index (χ3v) is 6.01. The van der Waals surface area contributed by atoms with E-state index in [4.69, 9.17) is 4.74 Å². The molecule has 1 saturated heterocycles. The van der Waals surface area contributed by atoms with Crippen LogP contribution in [0.3, 0.4) is 0 Å². The van der Waals surface area contributed by atoms with Gasteiger partial charge in [0.2, 0.25) is 0 Å². The van der Waals surface area contributed by atoms with Crippen molar-refractivity contribution in [2.45, 2.75) is 37.4 Å². The average molecular weight is 428 g/mol. The van der Waals surface area contributed by atoms with Crippen molar-refractivity contribution < 1.29 is 26.3 Å². The van der Waals surface area contributed by atoms with Gasteiger partial charge in [-0.05, 0) is 42.7 Å². The molecule has 1 fully saturated rings. The Hall–Kier alpha value is -2.26. The number of likely N-dealkylation sites (tertiary alicyclic amines) is 1. The van der Waals surface area contributed by atoms with E-state index in [9.17, 15) is 21.6 Å². The zero-order valence-corrected chi connectivity index (χ0v) is 16.5. The molecule has 0 saturated carbocycles. The van der Waals surface area contributed by atoms with Crippen molar-refractivity contribution in [2.75, 3.05) is 17.8 Å². The van der Waals surface area contributed by atoms with Gasteiger partial charge in [-0.15, -0.1) is 0 Å². The third-order valence-electron chi connectivity index (χ3n) is 4.70. The zero-order valence-electron chi connectivity index (χ0n) is 15.7. The fourth-order valence-corrected chi connectivity index (χ4v) is 4.02. The van der Waals surface area contributed by atoms with E-state index in [-0.39, 0.29) is 11.8 Å². The van der Waals surface area contributed by atoms with Crippen LogP contribution in [-0.4, -0.2) is 44.4 Å². The van der Waals surface area contributed by atoms with Crippen LogP contribution in [0.5, 0.6) is 5.75 Å². The molecule has 1 aliphatic rings. The first-order chi connectivity index (χ1) is 13.8. The number of nitrogens with one attached hydrogen (secondary N) is 1. The molecule has 1 atom stereocenters. The monoisotopic (exact) mass is 428 g/mol. The van der Waals surface area contributed by atoms with Gasteiger partial charge in [-0.3, -0.25) is 9.62 Å². The van der Waals surface area contributed by atoms with E-state index < -0.39 is 22.0 Å². The van der Waals surface area contributed by atoms with E-state index in [2.05, 4.69) is 17.0 Å². The summed E-state index contributed by atoms with van der Waals surface area (Å²) >= 11 is 0. The highest BCUT2D eigenvalue weighted by Gasteiger charge is 2.34. The molecule has 158 valence electrons. The van der Waals surface area contributed by atoms with Gasteiger partial charge < -0.3 is 4.74 Å². The summed E-state index contributed by atoms with van der Waals surface area (Å²) in [6, 6.07) is 16.0. The van der Waals surface area contributed by atoms with Crippen LogP contribution in [0.1, 0.15) is 18.4 Å². The molecule has 1 N–H and O–H groups in total. The second-order valence-electron chi connectivity index (χ2n) is 6.94. The number of nitrogens with zero attached hydrogens (tertiary/aromatic N) is 1. The number of piperidine rings is 1. The van der Waals surface area contributed by atoms with Gasteiger partial charge in [-0.2, -0.15) is 0 Å². The highest BCUT2D eigenvalue weighted by atomic mass is 32.2. The summed E-state index contributed by atoms with van der Waals surface area (Å²) in [6.07, 6.45) is -1.85. The number of ether oxygens (including phenoxy) is 1. The minimum absolute atomic E-state index is 0.00155. The first-order valence-corrected chi connectivity index (χ1v) is 10.8. The van der Waals surface area contributed by atoms with Crippen LogP contribution in [0, 0.1) is 0 Å². The maximum absolute atomic E-state index is 13.1. The molecule has 2 aromatic carbocycles. The quantitative estimate of drug-likeness (QED) is 0.690. The standard InChI is InChI=1S/C20H23F3N2O3S/c21-19(22)20(23)29(26,27)24-16-6-8-17(9-7-16)28-18-10-12-25(13-11-18)14-15-4-2-1-3-5-15/h1-9,18-20,24H,10-14H2. The Kier molecular flexibility index (Phi) is 7.02. The van der Waals surface area contributed by atoms with E-state index in [0.29, 0.717) is 5.75 Å². The normalized spacial score (nSPS) is 17.2. The lowest BCUT2D eigenvalue weighted by Crippen LogP contribution is -2.37. The van der Waals surface area contributed by atoms with Gasteiger partial charge in [0, 0.05) is 25.3 Å². The Morgan fingerprint density at radius 2 is 1.62 bits per heavy atom. The summed E-state index contributed by atoms with van der Waals surface area (Å²) in [4.78, 5) is 2.36. The maximum Gasteiger partial charge on any atom is 0.285 e. The summed E-state index contributed by atoms with van der Waals surface area (Å²) in [6.45, 7) is 2.71. The first-order valence-electron chi connectivity index (χ1n) is 9.30. The fourth-order valence-electron chi connectivity index (χ4n) is 3.18. The Morgan fingerprint density at radius 3 is 2.21 bits per heavy atom. The molecule has 0 aromatic heterocycles. The summed E-state index contributed by atoms with van der Waals surface area (Å²) in [5.74, 6) is 0.542. The highest BCUT2D eigenvalue weighted by molar-refractivity contribution is 7.93. The molecule has 0 bridgehead atoms. The van der Waals surface area contributed by atoms with E-state index in [1.165, 1.54) is 29.8 Å². The molecule has 1 aliphatic heterocycles. The van der Waals surface area contributed by atoms with Crippen molar-refractivity contribution in [1.29, 1.82) is 0 Å². The lowest BCUT2D eigenvalue weighted by molar-refractivity contribution is 0.0905. The molecular formula is C20H23F3N2O3S. The molecule has 1 heterocycles. The summed E-state index contributed by atoms with van der Waals surface area (Å²) in [5.41, 5.74) is -2.01. The maximum atomic E-state index is 13.1. The number of alkyl halides is 3. The fraction of sp³-hybridized carbons (Fsp3) is 0.400. The summed E-state index contributed by atoms with van der Waals surface area (Å²) in [5, 5.41) is 0. The van der Waals surface area contributed by atoms with Gasteiger partial charge in [0.25, 0.3) is 22.0 Å². The lowest BCUT2D eigenvalue weighted by Gasteiger charge is -2.32. The zero-order chi connectivity index (χ0) is 20.9. The van der Waals surface area contributed by atoms with Crippen LogP contribution in [-0.2, 0) is 16.6 Å². The Balaban J connectivity index is 1.48. The number of hydrogen-bond donors (Lipinski definition) is 1. The van der Waals surface area contributed by atoms with Crippen molar-refractivity contribution >= 4 is 15.7 Å². The second-order valence-corrected chi connectivity index (χ2v) is 8.68. The highest BCUT2D eigenvalue weighted by Crippen LogP contribution is 2.23. The van der Waals surface area contributed by atoms with Crippen molar-refractivity contribution in [3.8, 4) is 5.75 Å². The number of benzene rings is 2. The van der Waals surface area contributed by atoms with Crippen LogP contribution in [0.25, 0.3) is 0 Å². The smallest absolute Gasteiger partial charge is 0.285 e. The summed E-state index contributed by atoms with van der Waals surface area (Å²) in [7, 11) is -4.80. The van der Waals surface area contributed by atoms with Crippen molar-refractivity contribution in [3.63, 3.8) is 0 Å². The van der Waals surface area contributed by atoms with E-state index in [1.807, 2.05) is 22.9 Å². The molecule has 9 heteroatoms. The van der Waals surface area contributed by atoms with Crippen LogP contribution < -0.4 is 9.46 Å². The number of anilines is 1. The topological polar surface area (TPSA) is 58.6 Å². The van der Waals surface area contributed by atoms with E-state index in [1.54, 1.807) is 0 Å². The number of hydrogen-bond acceptors (Lipinski definition) is 4. The minimum atomic E-state index is -4.80. The van der Waals surface area contributed by atoms with Crippen molar-refractivity contribution in [1.82, 2.24) is 4.90 Å². The van der Waals surface area contributed by atoms with Crippen LogP contribution >= 0.6 is 0 Å². The van der Waals surface area contributed by atoms with Crippen molar-refractivity contribution in [2.24, 2.45) is 0 Å². The summed E-state index contributed by atoms with van der Waals surface area (Å²) < 4.78 is 68.4. The largest absolute Gasteiger partial charge is 0.490 e. The number of rotatable bonds is 8. The van der Waals surface area contributed by atoms with Gasteiger partial charge >= 0.3 is 0 Å². The average Bonchev–Trinajstić information content (AvgIpc) is 2.71. The Morgan fingerprint density at radius 1 is 1.00 bits per heavy atom. The SMILES string of the molecule is O=S(=O)(Nc1ccc(OC2CCN(Cc3ccccc3)CC2)cc1)C(F)C(F)F. The van der Waals surface area contributed by atoms with Crippen LogP contribution in [0.4, 0.5) is 18.9 Å². The number of halogens is 3. The minimum Gasteiger partial charge on any atom is -0.490 e. The van der Waals surface area contributed by atoms with Gasteiger partial charge in [-0.25, -0.2) is 21.6 Å². The molecule has 2 aromatic rings. The molecule has 0 spiro atoms. The first kappa shape index (κ1) is 21.4. The van der Waals surface area contributed by atoms with Gasteiger partial charge in [-0.1, -0.05) is 30.3 Å². The van der Waals surface area contributed by atoms with Crippen LogP contribution in [0.2, 0.25) is 0 Å². The molecule has 29 heavy (non-hydrogen) atoms. The lowest BCUT2D eigenvalue weighted by atomic mass is 10.1. The molecule has 0 amide bonds. The Labute approximate surface area is 168 Å².